The Hall–Kier alpha value is -0.510. The van der Waals surface area contributed by atoms with E-state index in [4.69, 9.17) is 5.11 Å². The minimum atomic E-state index is -4.53. The molecule has 12 heavy (non-hydrogen) atoms. The van der Waals surface area contributed by atoms with Crippen LogP contribution in [-0.4, -0.2) is 17.4 Å². The third-order valence-corrected chi connectivity index (χ3v) is 1.38. The van der Waals surface area contributed by atoms with E-state index in [1.807, 2.05) is 6.92 Å². The molecule has 0 aliphatic carbocycles. The fraction of sp³-hybridized carbons (Fsp3) is 0.750. The van der Waals surface area contributed by atoms with E-state index in [9.17, 15) is 13.2 Å². The number of aliphatic hydroxyl groups excluding tert-OH is 1. The highest BCUT2D eigenvalue weighted by Gasteiger charge is 2.35. The number of rotatable bonds is 4. The summed E-state index contributed by atoms with van der Waals surface area (Å²) in [7, 11) is 0. The molecule has 0 amide bonds. The highest BCUT2D eigenvalue weighted by atomic mass is 19.4. The molecule has 0 saturated carbocycles. The monoisotopic (exact) mass is 182 g/mol. The smallest absolute Gasteiger partial charge is 0.380 e. The molecule has 4 heteroatoms. The van der Waals surface area contributed by atoms with Crippen molar-refractivity contribution in [3.63, 3.8) is 0 Å². The predicted octanol–water partition coefficient (Wildman–Crippen LogP) is 2.66. The summed E-state index contributed by atoms with van der Waals surface area (Å²) in [6.07, 6.45) is -2.31. The minimum Gasteiger partial charge on any atom is -0.380 e. The van der Waals surface area contributed by atoms with Crippen molar-refractivity contribution in [2.45, 2.75) is 38.5 Å². The summed E-state index contributed by atoms with van der Waals surface area (Å²) in [4.78, 5) is 0. The molecule has 72 valence electrons. The summed E-state index contributed by atoms with van der Waals surface area (Å²) in [5.41, 5.74) is 0. The lowest BCUT2D eigenvalue weighted by Crippen LogP contribution is -2.25. The number of hydrogen-bond donors (Lipinski definition) is 1. The molecule has 0 spiro atoms. The Kier molecular flexibility index (Phi) is 4.97. The Morgan fingerprint density at radius 2 is 2.00 bits per heavy atom. The standard InChI is InChI=1S/C8H13F3O/c1-2-3-4-5-6-7(12)8(9,10)11/h5-7,12H,2-4H2,1H3/b6-5+. The van der Waals surface area contributed by atoms with Crippen LogP contribution in [0.15, 0.2) is 12.2 Å². The summed E-state index contributed by atoms with van der Waals surface area (Å²) in [6.45, 7) is 1.95. The van der Waals surface area contributed by atoms with Crippen molar-refractivity contribution in [2.75, 3.05) is 0 Å². The van der Waals surface area contributed by atoms with Crippen LogP contribution in [0.2, 0.25) is 0 Å². The molecular weight excluding hydrogens is 169 g/mol. The molecular formula is C8H13F3O. The van der Waals surface area contributed by atoms with E-state index in [2.05, 4.69) is 0 Å². The van der Waals surface area contributed by atoms with Gasteiger partial charge in [-0.2, -0.15) is 13.2 Å². The number of hydrogen-bond acceptors (Lipinski definition) is 1. The minimum absolute atomic E-state index is 0.587. The number of allylic oxidation sites excluding steroid dienone is 1. The Morgan fingerprint density at radius 1 is 1.42 bits per heavy atom. The Morgan fingerprint density at radius 3 is 2.42 bits per heavy atom. The van der Waals surface area contributed by atoms with E-state index in [-0.39, 0.29) is 0 Å². The topological polar surface area (TPSA) is 20.2 Å². The van der Waals surface area contributed by atoms with Crippen molar-refractivity contribution in [1.29, 1.82) is 0 Å². The second-order valence-electron chi connectivity index (χ2n) is 2.56. The van der Waals surface area contributed by atoms with Crippen molar-refractivity contribution in [3.05, 3.63) is 12.2 Å². The summed E-state index contributed by atoms with van der Waals surface area (Å²) >= 11 is 0. The molecule has 0 saturated heterocycles. The first-order valence-electron chi connectivity index (χ1n) is 3.90. The molecule has 0 aromatic heterocycles. The molecule has 1 atom stereocenters. The van der Waals surface area contributed by atoms with E-state index in [0.29, 0.717) is 6.42 Å². The molecule has 0 bridgehead atoms. The average Bonchev–Trinajstić information content (AvgIpc) is 1.96. The van der Waals surface area contributed by atoms with Gasteiger partial charge >= 0.3 is 6.18 Å². The molecule has 0 radical (unpaired) electrons. The van der Waals surface area contributed by atoms with Crippen molar-refractivity contribution in [2.24, 2.45) is 0 Å². The van der Waals surface area contributed by atoms with Gasteiger partial charge in [0, 0.05) is 0 Å². The highest BCUT2D eigenvalue weighted by Crippen LogP contribution is 2.20. The zero-order valence-electron chi connectivity index (χ0n) is 6.93. The van der Waals surface area contributed by atoms with Crippen molar-refractivity contribution < 1.29 is 18.3 Å². The van der Waals surface area contributed by atoms with Gasteiger partial charge in [-0.05, 0) is 6.42 Å². The molecule has 1 unspecified atom stereocenters. The summed E-state index contributed by atoms with van der Waals surface area (Å²) in [5, 5.41) is 8.47. The maximum absolute atomic E-state index is 11.7. The second kappa shape index (κ2) is 5.19. The van der Waals surface area contributed by atoms with E-state index in [1.54, 1.807) is 0 Å². The Labute approximate surface area is 69.9 Å². The van der Waals surface area contributed by atoms with Gasteiger partial charge < -0.3 is 5.11 Å². The number of aliphatic hydroxyl groups is 1. The lowest BCUT2D eigenvalue weighted by atomic mass is 10.2. The summed E-state index contributed by atoms with van der Waals surface area (Å²) in [6, 6.07) is 0. The molecule has 0 aliphatic heterocycles. The maximum Gasteiger partial charge on any atom is 0.417 e. The molecule has 0 fully saturated rings. The molecule has 0 aromatic rings. The van der Waals surface area contributed by atoms with Crippen LogP contribution in [0.25, 0.3) is 0 Å². The number of unbranched alkanes of at least 4 members (excludes halogenated alkanes) is 2. The second-order valence-corrected chi connectivity index (χ2v) is 2.56. The van der Waals surface area contributed by atoms with Gasteiger partial charge in [0.25, 0.3) is 0 Å². The van der Waals surface area contributed by atoms with Crippen LogP contribution in [0.5, 0.6) is 0 Å². The van der Waals surface area contributed by atoms with Gasteiger partial charge in [0.1, 0.15) is 0 Å². The van der Waals surface area contributed by atoms with Crippen LogP contribution in [0.4, 0.5) is 13.2 Å². The van der Waals surface area contributed by atoms with Crippen molar-refractivity contribution in [1.82, 2.24) is 0 Å². The normalized spacial score (nSPS) is 15.4. The summed E-state index contributed by atoms with van der Waals surface area (Å²) in [5.74, 6) is 0. The van der Waals surface area contributed by atoms with Crippen LogP contribution >= 0.6 is 0 Å². The van der Waals surface area contributed by atoms with Gasteiger partial charge in [0.15, 0.2) is 6.10 Å². The number of halogens is 3. The van der Waals surface area contributed by atoms with Crippen LogP contribution in [-0.2, 0) is 0 Å². The van der Waals surface area contributed by atoms with Crippen LogP contribution in [0, 0.1) is 0 Å². The Bertz CT molecular complexity index is 140. The average molecular weight is 182 g/mol. The maximum atomic E-state index is 11.7. The molecule has 0 aliphatic rings. The van der Waals surface area contributed by atoms with Gasteiger partial charge in [0.05, 0.1) is 0 Å². The highest BCUT2D eigenvalue weighted by molar-refractivity contribution is 4.92. The first-order valence-corrected chi connectivity index (χ1v) is 3.90. The van der Waals surface area contributed by atoms with Crippen LogP contribution < -0.4 is 0 Å². The van der Waals surface area contributed by atoms with E-state index < -0.39 is 12.3 Å². The van der Waals surface area contributed by atoms with Gasteiger partial charge in [-0.15, -0.1) is 0 Å². The van der Waals surface area contributed by atoms with Crippen molar-refractivity contribution >= 4 is 0 Å². The lowest BCUT2D eigenvalue weighted by Gasteiger charge is -2.09. The molecule has 1 N–H and O–H groups in total. The first kappa shape index (κ1) is 11.5. The number of alkyl halides is 3. The van der Waals surface area contributed by atoms with Gasteiger partial charge in [-0.1, -0.05) is 31.9 Å². The third kappa shape index (κ3) is 5.18. The zero-order chi connectivity index (χ0) is 9.61. The quantitative estimate of drug-likeness (QED) is 0.523. The molecule has 0 aromatic carbocycles. The molecule has 0 heterocycles. The van der Waals surface area contributed by atoms with E-state index in [0.717, 1.165) is 18.9 Å². The fourth-order valence-corrected chi connectivity index (χ4v) is 0.656. The van der Waals surface area contributed by atoms with Crippen molar-refractivity contribution in [3.8, 4) is 0 Å². The van der Waals surface area contributed by atoms with Crippen LogP contribution in [0.3, 0.4) is 0 Å². The van der Waals surface area contributed by atoms with Gasteiger partial charge in [0.2, 0.25) is 0 Å². The summed E-state index contributed by atoms with van der Waals surface area (Å²) < 4.78 is 35.0. The largest absolute Gasteiger partial charge is 0.417 e. The first-order chi connectivity index (χ1) is 5.48. The SMILES string of the molecule is CCCC/C=C/C(O)C(F)(F)F. The third-order valence-electron chi connectivity index (χ3n) is 1.38. The fourth-order valence-electron chi connectivity index (χ4n) is 0.656. The zero-order valence-corrected chi connectivity index (χ0v) is 6.93. The van der Waals surface area contributed by atoms with E-state index in [1.165, 1.54) is 6.08 Å². The lowest BCUT2D eigenvalue weighted by molar-refractivity contribution is -0.187. The van der Waals surface area contributed by atoms with E-state index >= 15 is 0 Å². The van der Waals surface area contributed by atoms with Crippen LogP contribution in [0.1, 0.15) is 26.2 Å². The van der Waals surface area contributed by atoms with Gasteiger partial charge in [-0.3, -0.25) is 0 Å². The van der Waals surface area contributed by atoms with Gasteiger partial charge in [-0.25, -0.2) is 0 Å². The molecule has 0 rings (SSSR count). The molecule has 1 nitrogen and oxygen atoms in total. The predicted molar refractivity (Wildman–Crippen MR) is 40.7 cm³/mol. The Balaban J connectivity index is 3.68.